The van der Waals surface area contributed by atoms with Crippen LogP contribution in [0.3, 0.4) is 0 Å². The summed E-state index contributed by atoms with van der Waals surface area (Å²) in [5.41, 5.74) is 11.9. The third-order valence-corrected chi connectivity index (χ3v) is 6.60. The minimum absolute atomic E-state index is 0.00620. The first-order valence-electron chi connectivity index (χ1n) is 14.3. The van der Waals surface area contributed by atoms with Crippen LogP contribution in [0.15, 0.2) is 12.5 Å². The highest BCUT2D eigenvalue weighted by Gasteiger charge is 2.31. The lowest BCUT2D eigenvalue weighted by Crippen LogP contribution is -2.57. The van der Waals surface area contributed by atoms with Crippen LogP contribution in [0.4, 0.5) is 0 Å². The van der Waals surface area contributed by atoms with Crippen molar-refractivity contribution in [3.8, 4) is 0 Å². The number of nitrogens with zero attached hydrogens (tertiary/aromatic N) is 1. The van der Waals surface area contributed by atoms with E-state index in [0.717, 1.165) is 32.1 Å². The summed E-state index contributed by atoms with van der Waals surface area (Å²) in [5, 5.41) is 17.4. The number of imidazole rings is 1. The number of aromatic amines is 1. The van der Waals surface area contributed by atoms with E-state index in [9.17, 15) is 29.1 Å². The Morgan fingerprint density at radius 2 is 1.49 bits per heavy atom. The zero-order valence-corrected chi connectivity index (χ0v) is 24.2. The average molecular weight is 582 g/mol. The summed E-state index contributed by atoms with van der Waals surface area (Å²) in [7, 11) is 1.18. The Morgan fingerprint density at radius 3 is 2.10 bits per heavy atom. The quantitative estimate of drug-likeness (QED) is 0.0729. The Morgan fingerprint density at radius 1 is 0.902 bits per heavy atom. The predicted molar refractivity (Wildman–Crippen MR) is 151 cm³/mol. The van der Waals surface area contributed by atoms with Crippen LogP contribution in [-0.2, 0) is 35.1 Å². The molecule has 41 heavy (non-hydrogen) atoms. The van der Waals surface area contributed by atoms with Crippen LogP contribution in [0.5, 0.6) is 0 Å². The molecule has 232 valence electrons. The molecule has 3 amide bonds. The van der Waals surface area contributed by atoms with E-state index in [1.165, 1.54) is 19.6 Å². The molecule has 0 fully saturated rings. The van der Waals surface area contributed by atoms with Crippen molar-refractivity contribution in [2.45, 2.75) is 108 Å². The molecule has 0 aliphatic rings. The maximum Gasteiger partial charge on any atom is 0.326 e. The van der Waals surface area contributed by atoms with Gasteiger partial charge in [0.05, 0.1) is 25.9 Å². The Kier molecular flexibility index (Phi) is 17.6. The van der Waals surface area contributed by atoms with E-state index >= 15 is 0 Å². The lowest BCUT2D eigenvalue weighted by Gasteiger charge is -2.25. The molecule has 1 aromatic heterocycles. The number of esters is 1. The fraction of sp³-hybridized carbons (Fsp3) is 0.704. The number of nitrogens with one attached hydrogen (secondary N) is 4. The largest absolute Gasteiger partial charge is 0.480 e. The first kappa shape index (κ1) is 35.5. The summed E-state index contributed by atoms with van der Waals surface area (Å²) in [6.45, 7) is 2.51. The maximum atomic E-state index is 13.4. The Bertz CT molecular complexity index is 942. The molecule has 1 aromatic rings. The number of aliphatic carboxylic acids is 1. The zero-order chi connectivity index (χ0) is 30.6. The smallest absolute Gasteiger partial charge is 0.326 e. The van der Waals surface area contributed by atoms with E-state index in [2.05, 4.69) is 37.6 Å². The number of carbonyl (C=O) groups excluding carboxylic acids is 4. The molecular formula is C27H47N7O7. The molecule has 14 heteroatoms. The maximum absolute atomic E-state index is 13.4. The van der Waals surface area contributed by atoms with Gasteiger partial charge in [-0.05, 0) is 32.2 Å². The number of carbonyl (C=O) groups is 5. The number of carboxylic acids is 1. The third kappa shape index (κ3) is 14.6. The van der Waals surface area contributed by atoms with Gasteiger partial charge in [0.1, 0.15) is 18.1 Å². The lowest BCUT2D eigenvalue weighted by atomic mass is 10.0. The molecule has 1 heterocycles. The van der Waals surface area contributed by atoms with Gasteiger partial charge in [-0.1, -0.05) is 45.4 Å². The molecule has 0 spiro atoms. The van der Waals surface area contributed by atoms with Crippen molar-refractivity contribution in [2.75, 3.05) is 13.7 Å². The van der Waals surface area contributed by atoms with Crippen LogP contribution in [0, 0.1) is 0 Å². The number of rotatable bonds is 22. The molecule has 0 aliphatic heterocycles. The summed E-state index contributed by atoms with van der Waals surface area (Å²) in [4.78, 5) is 69.5. The van der Waals surface area contributed by atoms with E-state index in [1.807, 2.05) is 0 Å². The second-order valence-electron chi connectivity index (χ2n) is 10.0. The number of hydrogen-bond acceptors (Lipinski definition) is 9. The second kappa shape index (κ2) is 20.4. The SMILES string of the molecule is CCCCCCCCC(NC(=O)C(N)CC(=O)OC)C(=O)NC(Cc1cnc[nH]1)C(=O)NC(CCCCN)C(=O)O. The first-order chi connectivity index (χ1) is 19.6. The number of unbranched alkanes of at least 4 members (excludes halogenated alkanes) is 6. The summed E-state index contributed by atoms with van der Waals surface area (Å²) in [6.07, 6.45) is 9.83. The van der Waals surface area contributed by atoms with Crippen LogP contribution in [0.2, 0.25) is 0 Å². The lowest BCUT2D eigenvalue weighted by molar-refractivity contribution is -0.143. The average Bonchev–Trinajstić information content (AvgIpc) is 3.46. The van der Waals surface area contributed by atoms with E-state index < -0.39 is 53.8 Å². The Hall–Kier alpha value is -3.52. The topological polar surface area (TPSA) is 232 Å². The Balaban J connectivity index is 3.04. The van der Waals surface area contributed by atoms with Crippen molar-refractivity contribution in [1.29, 1.82) is 0 Å². The fourth-order valence-corrected chi connectivity index (χ4v) is 4.15. The zero-order valence-electron chi connectivity index (χ0n) is 24.2. The number of carboxylic acid groups (broad SMARTS) is 1. The molecule has 14 nitrogen and oxygen atoms in total. The number of amides is 3. The molecule has 1 rings (SSSR count). The Labute approximate surface area is 241 Å². The van der Waals surface area contributed by atoms with Crippen LogP contribution in [0.25, 0.3) is 0 Å². The van der Waals surface area contributed by atoms with Gasteiger partial charge < -0.3 is 42.2 Å². The first-order valence-corrected chi connectivity index (χ1v) is 14.3. The highest BCUT2D eigenvalue weighted by Crippen LogP contribution is 2.11. The highest BCUT2D eigenvalue weighted by molar-refractivity contribution is 5.94. The van der Waals surface area contributed by atoms with Gasteiger partial charge in [0, 0.05) is 18.3 Å². The number of aromatic nitrogens is 2. The molecule has 9 N–H and O–H groups in total. The van der Waals surface area contributed by atoms with Gasteiger partial charge in [0.25, 0.3) is 0 Å². The van der Waals surface area contributed by atoms with Gasteiger partial charge in [-0.15, -0.1) is 0 Å². The number of hydrogen-bond donors (Lipinski definition) is 7. The minimum atomic E-state index is -1.23. The number of nitrogens with two attached hydrogens (primary N) is 2. The number of ether oxygens (including phenoxy) is 1. The second-order valence-corrected chi connectivity index (χ2v) is 10.0. The summed E-state index contributed by atoms with van der Waals surface area (Å²) in [6, 6.07) is -4.58. The fourth-order valence-electron chi connectivity index (χ4n) is 4.15. The standard InChI is InChI=1S/C27H47N7O7/c1-3-4-5-6-7-8-11-20(32-24(36)19(29)15-23(35)41-2)25(37)34-22(14-18-16-30-17-31-18)26(38)33-21(27(39)40)12-9-10-13-28/h16-17,19-22H,3-15,28-29H2,1-2H3,(H,30,31)(H,32,36)(H,33,38)(H,34,37)(H,39,40). The van der Waals surface area contributed by atoms with Crippen molar-refractivity contribution < 1.29 is 33.8 Å². The normalized spacial score (nSPS) is 13.9. The van der Waals surface area contributed by atoms with E-state index in [1.54, 1.807) is 0 Å². The van der Waals surface area contributed by atoms with E-state index in [0.29, 0.717) is 31.5 Å². The van der Waals surface area contributed by atoms with Crippen molar-refractivity contribution in [3.05, 3.63) is 18.2 Å². The van der Waals surface area contributed by atoms with Crippen LogP contribution in [-0.4, -0.2) is 82.6 Å². The van der Waals surface area contributed by atoms with Crippen LogP contribution >= 0.6 is 0 Å². The molecule has 0 bridgehead atoms. The molecule has 0 radical (unpaired) electrons. The van der Waals surface area contributed by atoms with Gasteiger partial charge in [-0.25, -0.2) is 9.78 Å². The highest BCUT2D eigenvalue weighted by atomic mass is 16.5. The molecular weight excluding hydrogens is 534 g/mol. The van der Waals surface area contributed by atoms with Crippen molar-refractivity contribution in [3.63, 3.8) is 0 Å². The van der Waals surface area contributed by atoms with E-state index in [-0.39, 0.29) is 25.7 Å². The predicted octanol–water partition coefficient (Wildman–Crippen LogP) is 0.261. The monoisotopic (exact) mass is 581 g/mol. The van der Waals surface area contributed by atoms with Crippen LogP contribution < -0.4 is 27.4 Å². The molecule has 4 atom stereocenters. The van der Waals surface area contributed by atoms with E-state index in [4.69, 9.17) is 11.5 Å². The molecule has 0 aromatic carbocycles. The van der Waals surface area contributed by atoms with Crippen LogP contribution in [0.1, 0.15) is 83.2 Å². The molecule has 0 saturated carbocycles. The van der Waals surface area contributed by atoms with Gasteiger partial charge in [-0.3, -0.25) is 19.2 Å². The molecule has 0 saturated heterocycles. The summed E-state index contributed by atoms with van der Waals surface area (Å²) < 4.78 is 4.56. The van der Waals surface area contributed by atoms with Gasteiger partial charge in [0.2, 0.25) is 17.7 Å². The third-order valence-electron chi connectivity index (χ3n) is 6.60. The van der Waals surface area contributed by atoms with Crippen molar-refractivity contribution >= 4 is 29.7 Å². The van der Waals surface area contributed by atoms with Crippen molar-refractivity contribution in [2.24, 2.45) is 11.5 Å². The minimum Gasteiger partial charge on any atom is -0.480 e. The molecule has 4 unspecified atom stereocenters. The van der Waals surface area contributed by atoms with Gasteiger partial charge in [0.15, 0.2) is 0 Å². The summed E-state index contributed by atoms with van der Waals surface area (Å²) in [5.74, 6) is -3.90. The van der Waals surface area contributed by atoms with Gasteiger partial charge >= 0.3 is 11.9 Å². The molecule has 0 aliphatic carbocycles. The number of methoxy groups -OCH3 is 1. The summed E-state index contributed by atoms with van der Waals surface area (Å²) >= 11 is 0. The van der Waals surface area contributed by atoms with Gasteiger partial charge in [-0.2, -0.15) is 0 Å². The number of H-pyrrole nitrogens is 1. The van der Waals surface area contributed by atoms with Crippen molar-refractivity contribution in [1.82, 2.24) is 25.9 Å².